The molecule has 0 fully saturated rings. The Hall–Kier alpha value is -2.27. The Kier molecular flexibility index (Phi) is 4.98. The first-order chi connectivity index (χ1) is 12.7. The van der Waals surface area contributed by atoms with Crippen molar-refractivity contribution in [3.05, 3.63) is 54.4 Å². The molecule has 0 bridgehead atoms. The summed E-state index contributed by atoms with van der Waals surface area (Å²) in [4.78, 5) is 9.48. The van der Waals surface area contributed by atoms with Gasteiger partial charge in [-0.3, -0.25) is 0 Å². The third-order valence-corrected chi connectivity index (χ3v) is 6.02. The molecule has 134 valence electrons. The number of hydrogen-bond donors (Lipinski definition) is 0. The van der Waals surface area contributed by atoms with E-state index in [2.05, 4.69) is 65.7 Å². The van der Waals surface area contributed by atoms with Gasteiger partial charge < -0.3 is 9.13 Å². The fourth-order valence-electron chi connectivity index (χ4n) is 3.40. The fraction of sp³-hybridized carbons (Fsp3) is 0.333. The van der Waals surface area contributed by atoms with Crippen LogP contribution in [-0.2, 0) is 20.5 Å². The molecule has 5 heteroatoms. The van der Waals surface area contributed by atoms with Crippen LogP contribution in [0.5, 0.6) is 0 Å². The normalized spacial score (nSPS) is 11.6. The first kappa shape index (κ1) is 17.2. The fourth-order valence-corrected chi connectivity index (χ4v) is 4.38. The average molecular weight is 365 g/mol. The van der Waals surface area contributed by atoms with E-state index in [1.165, 1.54) is 36.1 Å². The molecule has 0 aliphatic rings. The van der Waals surface area contributed by atoms with Crippen LogP contribution in [0.1, 0.15) is 25.1 Å². The van der Waals surface area contributed by atoms with Crippen molar-refractivity contribution in [2.45, 2.75) is 30.8 Å². The van der Waals surface area contributed by atoms with Gasteiger partial charge in [0.05, 0.1) is 22.1 Å². The Balaban J connectivity index is 1.26. The summed E-state index contributed by atoms with van der Waals surface area (Å²) in [6, 6.07) is 16.7. The molecule has 0 amide bonds. The van der Waals surface area contributed by atoms with Crippen LogP contribution in [0.4, 0.5) is 0 Å². The number of aromatic nitrogens is 4. The zero-order valence-electron chi connectivity index (χ0n) is 15.4. The molecule has 0 unspecified atom stereocenters. The highest BCUT2D eigenvalue weighted by Crippen LogP contribution is 2.24. The van der Waals surface area contributed by atoms with Gasteiger partial charge in [-0.15, -0.1) is 0 Å². The molecule has 0 spiro atoms. The summed E-state index contributed by atoms with van der Waals surface area (Å²) >= 11 is 1.86. The number of hydrogen-bond acceptors (Lipinski definition) is 3. The summed E-state index contributed by atoms with van der Waals surface area (Å²) in [5.41, 5.74) is 4.61. The second kappa shape index (κ2) is 7.54. The molecule has 0 aliphatic carbocycles. The lowest BCUT2D eigenvalue weighted by Gasteiger charge is -2.04. The van der Waals surface area contributed by atoms with Gasteiger partial charge in [-0.1, -0.05) is 42.4 Å². The van der Waals surface area contributed by atoms with Gasteiger partial charge in [0.25, 0.3) is 0 Å². The summed E-state index contributed by atoms with van der Waals surface area (Å²) < 4.78 is 4.42. The predicted molar refractivity (Wildman–Crippen MR) is 110 cm³/mol. The minimum atomic E-state index is 1.04. The maximum absolute atomic E-state index is 4.76. The molecule has 2 aromatic heterocycles. The van der Waals surface area contributed by atoms with Gasteiger partial charge in [0, 0.05) is 26.3 Å². The van der Waals surface area contributed by atoms with Crippen molar-refractivity contribution in [1.82, 2.24) is 19.1 Å². The Morgan fingerprint density at radius 1 is 0.769 bits per heavy atom. The molecule has 0 saturated carbocycles. The summed E-state index contributed by atoms with van der Waals surface area (Å²) in [7, 11) is 4.22. The monoisotopic (exact) mass is 364 g/mol. The number of imidazole rings is 2. The molecule has 0 radical (unpaired) electrons. The lowest BCUT2D eigenvalue weighted by molar-refractivity contribution is 0.678. The van der Waals surface area contributed by atoms with Crippen LogP contribution in [0.15, 0.2) is 53.7 Å². The summed E-state index contributed by atoms with van der Waals surface area (Å²) in [5, 5.41) is 1.11. The van der Waals surface area contributed by atoms with Crippen molar-refractivity contribution < 1.29 is 0 Å². The number of benzene rings is 2. The number of unbranched alkanes of at least 4 members (excludes halogenated alkanes) is 2. The Bertz CT molecular complexity index is 947. The molecule has 0 N–H and O–H groups in total. The highest BCUT2D eigenvalue weighted by atomic mass is 32.2. The number of nitrogens with zero attached hydrogens (tertiary/aromatic N) is 4. The van der Waals surface area contributed by atoms with Crippen LogP contribution < -0.4 is 0 Å². The zero-order valence-corrected chi connectivity index (χ0v) is 16.2. The SMILES string of the molecule is Cn1c(CCCCCSc2nc3ccccc3n2C)nc2ccccc21. The Morgan fingerprint density at radius 3 is 2.12 bits per heavy atom. The van der Waals surface area contributed by atoms with E-state index < -0.39 is 0 Å². The van der Waals surface area contributed by atoms with Gasteiger partial charge >= 0.3 is 0 Å². The van der Waals surface area contributed by atoms with Crippen molar-refractivity contribution >= 4 is 33.8 Å². The second-order valence-corrected chi connectivity index (χ2v) is 7.74. The van der Waals surface area contributed by atoms with Crippen LogP contribution in [-0.4, -0.2) is 24.9 Å². The molecule has 4 nitrogen and oxygen atoms in total. The quantitative estimate of drug-likeness (QED) is 0.343. The minimum Gasteiger partial charge on any atom is -0.331 e. The minimum absolute atomic E-state index is 1.04. The molecular weight excluding hydrogens is 340 g/mol. The molecule has 4 rings (SSSR count). The first-order valence-electron chi connectivity index (χ1n) is 9.18. The largest absolute Gasteiger partial charge is 0.331 e. The molecule has 2 aromatic carbocycles. The third kappa shape index (κ3) is 3.36. The van der Waals surface area contributed by atoms with Crippen molar-refractivity contribution in [3.63, 3.8) is 0 Å². The maximum atomic E-state index is 4.76. The number of rotatable bonds is 7. The molecule has 26 heavy (non-hydrogen) atoms. The smallest absolute Gasteiger partial charge is 0.168 e. The molecule has 0 aliphatic heterocycles. The molecule has 4 aromatic rings. The van der Waals surface area contributed by atoms with Gasteiger partial charge in [0.1, 0.15) is 5.82 Å². The van der Waals surface area contributed by atoms with Gasteiger partial charge in [-0.2, -0.15) is 0 Å². The van der Waals surface area contributed by atoms with E-state index in [0.717, 1.165) is 28.4 Å². The van der Waals surface area contributed by atoms with Crippen LogP contribution >= 0.6 is 11.8 Å². The zero-order chi connectivity index (χ0) is 17.9. The van der Waals surface area contributed by atoms with E-state index in [-0.39, 0.29) is 0 Å². The third-order valence-electron chi connectivity index (χ3n) is 4.90. The van der Waals surface area contributed by atoms with E-state index in [4.69, 9.17) is 9.97 Å². The van der Waals surface area contributed by atoms with E-state index in [0.29, 0.717) is 0 Å². The van der Waals surface area contributed by atoms with E-state index in [1.54, 1.807) is 0 Å². The summed E-state index contributed by atoms with van der Waals surface area (Å²) in [5.74, 6) is 2.30. The van der Waals surface area contributed by atoms with E-state index in [1.807, 2.05) is 17.8 Å². The number of para-hydroxylation sites is 4. The van der Waals surface area contributed by atoms with Crippen LogP contribution in [0, 0.1) is 0 Å². The van der Waals surface area contributed by atoms with Crippen molar-refractivity contribution in [2.24, 2.45) is 14.1 Å². The highest BCUT2D eigenvalue weighted by Gasteiger charge is 2.08. The predicted octanol–water partition coefficient (Wildman–Crippen LogP) is 4.97. The van der Waals surface area contributed by atoms with Crippen LogP contribution in [0.3, 0.4) is 0 Å². The lowest BCUT2D eigenvalue weighted by atomic mass is 10.2. The number of thioether (sulfide) groups is 1. The number of fused-ring (bicyclic) bond motifs is 2. The first-order valence-corrected chi connectivity index (χ1v) is 10.2. The topological polar surface area (TPSA) is 35.6 Å². The molecule has 2 heterocycles. The maximum Gasteiger partial charge on any atom is 0.168 e. The Morgan fingerprint density at radius 2 is 1.42 bits per heavy atom. The van der Waals surface area contributed by atoms with Crippen LogP contribution in [0.2, 0.25) is 0 Å². The molecular formula is C21H24N4S. The van der Waals surface area contributed by atoms with Gasteiger partial charge in [0.2, 0.25) is 0 Å². The van der Waals surface area contributed by atoms with Gasteiger partial charge in [-0.25, -0.2) is 9.97 Å². The van der Waals surface area contributed by atoms with E-state index >= 15 is 0 Å². The van der Waals surface area contributed by atoms with Crippen molar-refractivity contribution in [2.75, 3.05) is 5.75 Å². The van der Waals surface area contributed by atoms with Gasteiger partial charge in [0.15, 0.2) is 5.16 Å². The lowest BCUT2D eigenvalue weighted by Crippen LogP contribution is -1.98. The van der Waals surface area contributed by atoms with E-state index in [9.17, 15) is 0 Å². The van der Waals surface area contributed by atoms with Crippen LogP contribution in [0.25, 0.3) is 22.1 Å². The van der Waals surface area contributed by atoms with Gasteiger partial charge in [-0.05, 0) is 37.1 Å². The number of aryl methyl sites for hydroxylation is 3. The molecule has 0 atom stereocenters. The van der Waals surface area contributed by atoms with Crippen molar-refractivity contribution in [3.8, 4) is 0 Å². The second-order valence-electron chi connectivity index (χ2n) is 6.68. The van der Waals surface area contributed by atoms with Crippen molar-refractivity contribution in [1.29, 1.82) is 0 Å². The average Bonchev–Trinajstić information content (AvgIpc) is 3.16. The standard InChI is InChI=1S/C21H24N4S/c1-24-18-12-7-5-10-16(18)22-20(24)14-4-3-9-15-26-21-23-17-11-6-8-13-19(17)25(21)2/h5-8,10-13H,3-4,9,14-15H2,1-2H3. The summed E-state index contributed by atoms with van der Waals surface area (Å²) in [6.45, 7) is 0. The Labute approximate surface area is 158 Å². The highest BCUT2D eigenvalue weighted by molar-refractivity contribution is 7.99. The summed E-state index contributed by atoms with van der Waals surface area (Å²) in [6.07, 6.45) is 4.65. The molecule has 0 saturated heterocycles.